The number of ketones is 2. The van der Waals surface area contributed by atoms with E-state index >= 15 is 9.59 Å². The van der Waals surface area contributed by atoms with Crippen LogP contribution in [0.5, 0.6) is 11.5 Å². The molecular formula is C72H96N10O19. The van der Waals surface area contributed by atoms with Crippen LogP contribution in [0.4, 0.5) is 5.69 Å². The van der Waals surface area contributed by atoms with Gasteiger partial charge in [-0.2, -0.15) is 0 Å². The van der Waals surface area contributed by atoms with Crippen molar-refractivity contribution in [2.75, 3.05) is 47.0 Å². The number of nitrogen functional groups attached to an aromatic ring is 1. The highest BCUT2D eigenvalue weighted by Gasteiger charge is 2.48. The first kappa shape index (κ1) is 78.5. The predicted molar refractivity (Wildman–Crippen MR) is 367 cm³/mol. The summed E-state index contributed by atoms with van der Waals surface area (Å²) in [5.74, 6) is -14.7. The number of hydrogen-bond donors (Lipinski definition) is 6. The lowest BCUT2D eigenvalue weighted by Crippen LogP contribution is -2.59. The Morgan fingerprint density at radius 2 is 1.04 bits per heavy atom. The van der Waals surface area contributed by atoms with Gasteiger partial charge in [-0.1, -0.05) is 74.3 Å². The standard InChI is InChI=1S/C64H88N10O16.C8H8O3/c1-27(2)44-53(78)35-19-17-21-37(35)61(84)71(13)25-40(75)73(15)50(29(5)6)63(86)88-33(11)46(59(82)67-44)69-57(80)39-24-23-31(9)55-48(39)66-49-42(43(65)52(77)32(10)56(49)90-55)58(81)70-47-34(12)89-64(87)51(30(7)8)74(16)41(76)26-72(14)62(85)38-22-18-20-36(38)54(79)45(28(3)4)68-60(47)83;1-6(9)11-8-4-2-7(10)3-5-8/h23-24,27-30,33-38,44-47,50-51H,17-22,25-26,65H2,1-16H3,(H,67,82)(H,68,83)(H,69,80)(H,70,81);2-5,10H,1H3. The van der Waals surface area contributed by atoms with Gasteiger partial charge in [-0.3, -0.25) is 57.5 Å². The van der Waals surface area contributed by atoms with Crippen molar-refractivity contribution in [3.8, 4) is 23.0 Å². The number of cyclic esters (lactones) is 2. The third-order valence-electron chi connectivity index (χ3n) is 19.5. The van der Waals surface area contributed by atoms with Gasteiger partial charge >= 0.3 is 17.9 Å². The Kier molecular flexibility index (Phi) is 25.4. The van der Waals surface area contributed by atoms with Crippen LogP contribution in [-0.4, -0.2) is 196 Å². The van der Waals surface area contributed by atoms with Crippen molar-refractivity contribution in [2.45, 2.75) is 177 Å². The molecule has 6 aliphatic rings. The second kappa shape index (κ2) is 32.7. The molecule has 8 amide bonds. The van der Waals surface area contributed by atoms with E-state index in [0.717, 1.165) is 9.80 Å². The number of Topliss-reactive ketones (excluding diaryl/α,β-unsaturated/α-hetero) is 2. The van der Waals surface area contributed by atoms with Gasteiger partial charge in [0.05, 0.1) is 42.0 Å². The van der Waals surface area contributed by atoms with Gasteiger partial charge in [0.2, 0.25) is 40.9 Å². The first-order chi connectivity index (χ1) is 47.3. The molecule has 12 atom stereocenters. The minimum atomic E-state index is -1.86. The number of aromatic nitrogens is 1. The van der Waals surface area contributed by atoms with E-state index in [1.807, 2.05) is 0 Å². The second-order valence-corrected chi connectivity index (χ2v) is 28.3. The maximum atomic E-state index is 15.2. The molecule has 29 heteroatoms. The van der Waals surface area contributed by atoms with Crippen LogP contribution in [0.3, 0.4) is 0 Å². The fraction of sp³-hybridized carbons (Fsp3) is 0.569. The van der Waals surface area contributed by atoms with Crippen LogP contribution in [0.2, 0.25) is 0 Å². The Morgan fingerprint density at radius 1 is 0.614 bits per heavy atom. The smallest absolute Gasteiger partial charge is 0.329 e. The summed E-state index contributed by atoms with van der Waals surface area (Å²) in [5.41, 5.74) is 3.67. The van der Waals surface area contributed by atoms with Crippen molar-refractivity contribution in [1.29, 1.82) is 0 Å². The van der Waals surface area contributed by atoms with Crippen LogP contribution in [-0.2, 0) is 62.2 Å². The van der Waals surface area contributed by atoms with Gasteiger partial charge in [0.25, 0.3) is 11.8 Å². The quantitative estimate of drug-likeness (QED) is 0.0596. The molecule has 2 saturated carbocycles. The van der Waals surface area contributed by atoms with Gasteiger partial charge in [0.15, 0.2) is 22.9 Å². The number of ether oxygens (including phenoxy) is 3. The molecule has 548 valence electrons. The van der Waals surface area contributed by atoms with Gasteiger partial charge in [-0.05, 0) is 113 Å². The largest absolute Gasteiger partial charge is 0.508 e. The summed E-state index contributed by atoms with van der Waals surface area (Å²) in [7, 11) is 5.66. The van der Waals surface area contributed by atoms with Crippen LogP contribution in [0, 0.1) is 61.2 Å². The summed E-state index contributed by atoms with van der Waals surface area (Å²) in [6.07, 6.45) is -0.654. The maximum Gasteiger partial charge on any atom is 0.329 e. The summed E-state index contributed by atoms with van der Waals surface area (Å²) in [5, 5.41) is 19.7. The Balaban J connectivity index is 0.00000118. The van der Waals surface area contributed by atoms with E-state index in [4.69, 9.17) is 34.5 Å². The first-order valence-corrected chi connectivity index (χ1v) is 34.1. The average molecular weight is 1410 g/mol. The summed E-state index contributed by atoms with van der Waals surface area (Å²) in [4.78, 5) is 207. The third-order valence-corrected chi connectivity index (χ3v) is 19.5. The number of anilines is 1. The molecule has 0 spiro atoms. The number of esters is 3. The zero-order chi connectivity index (χ0) is 75.2. The van der Waals surface area contributed by atoms with Crippen LogP contribution in [0.1, 0.15) is 147 Å². The van der Waals surface area contributed by atoms with E-state index < -0.39 is 196 Å². The van der Waals surface area contributed by atoms with Crippen LogP contribution in [0.15, 0.2) is 45.6 Å². The zero-order valence-electron chi connectivity index (χ0n) is 60.5. The van der Waals surface area contributed by atoms with E-state index in [-0.39, 0.29) is 45.4 Å². The van der Waals surface area contributed by atoms with Gasteiger partial charge in [0.1, 0.15) is 59.1 Å². The highest BCUT2D eigenvalue weighted by Crippen LogP contribution is 2.39. The third kappa shape index (κ3) is 17.3. The van der Waals surface area contributed by atoms with Crippen molar-refractivity contribution in [3.05, 3.63) is 68.9 Å². The normalized spacial score (nSPS) is 25.8. The van der Waals surface area contributed by atoms with E-state index in [2.05, 4.69) is 21.3 Å². The van der Waals surface area contributed by atoms with Crippen molar-refractivity contribution < 1.29 is 86.1 Å². The topological polar surface area (TPSA) is 400 Å². The zero-order valence-corrected chi connectivity index (χ0v) is 60.5. The maximum absolute atomic E-state index is 15.2. The van der Waals surface area contributed by atoms with Crippen molar-refractivity contribution >= 4 is 93.5 Å². The summed E-state index contributed by atoms with van der Waals surface area (Å²) >= 11 is 0. The van der Waals surface area contributed by atoms with Gasteiger partial charge in [-0.25, -0.2) is 14.6 Å². The molecule has 0 bridgehead atoms. The van der Waals surface area contributed by atoms with Gasteiger partial charge in [-0.15, -0.1) is 0 Å². The molecule has 2 aromatic rings. The Labute approximate surface area is 586 Å². The Hall–Kier alpha value is -9.83. The molecule has 8 rings (SSSR count). The monoisotopic (exact) mass is 1400 g/mol. The number of carbonyl (C=O) groups excluding carboxylic acids is 13. The molecule has 4 fully saturated rings. The Morgan fingerprint density at radius 3 is 1.46 bits per heavy atom. The molecule has 0 radical (unpaired) electrons. The fourth-order valence-electron chi connectivity index (χ4n) is 13.8. The number of phenolic OH excluding ortho intramolecular Hbond substituents is 1. The van der Waals surface area contributed by atoms with Crippen LogP contribution in [0.25, 0.3) is 22.6 Å². The first-order valence-electron chi connectivity index (χ1n) is 34.1. The summed E-state index contributed by atoms with van der Waals surface area (Å²) < 4.78 is 23.1. The number of hydrogen-bond acceptors (Lipinski definition) is 21. The van der Waals surface area contributed by atoms with Crippen molar-refractivity contribution in [3.63, 3.8) is 0 Å². The number of nitrogens with two attached hydrogens (primary N) is 1. The van der Waals surface area contributed by atoms with E-state index in [0.29, 0.717) is 49.8 Å². The minimum Gasteiger partial charge on any atom is -0.508 e. The van der Waals surface area contributed by atoms with Crippen LogP contribution >= 0.6 is 0 Å². The summed E-state index contributed by atoms with van der Waals surface area (Å²) in [6, 6.07) is 0.248. The molecule has 2 aromatic carbocycles. The minimum absolute atomic E-state index is 0.0668. The molecule has 101 heavy (non-hydrogen) atoms. The Bertz CT molecular complexity index is 3920. The lowest BCUT2D eigenvalue weighted by Gasteiger charge is -2.35. The molecule has 29 nitrogen and oxygen atoms in total. The second-order valence-electron chi connectivity index (χ2n) is 28.3. The van der Waals surface area contributed by atoms with Gasteiger partial charge in [0, 0.05) is 64.3 Å². The van der Waals surface area contributed by atoms with E-state index in [1.165, 1.54) is 102 Å². The van der Waals surface area contributed by atoms with Crippen LogP contribution < -0.4 is 37.2 Å². The molecule has 2 saturated heterocycles. The van der Waals surface area contributed by atoms with Gasteiger partial charge < -0.3 is 70.3 Å². The SMILES string of the molecule is CC(=O)Oc1ccc(O)cc1.Cc1c2oc3c(C)ccc(C(=O)NC4C(=O)NC(C(C)C)C(=O)C5CCCC5C(=O)N(C)CC(=O)N(C)C(C(C)C)C(=O)OC4C)c3nc-2c(C(=O)NC2C(=O)NC(C(C)C)C(=O)C3CCCC3C(=O)N(C)CC(=O)N(C)C(C(C)C)C(=O)OC2C)c(N)c1=O. The average Bonchev–Trinajstić information content (AvgIpc) is 1.31. The number of phenols is 1. The molecule has 12 unspecified atom stereocenters. The molecule has 3 heterocycles. The van der Waals surface area contributed by atoms with Crippen molar-refractivity contribution in [2.24, 2.45) is 47.3 Å². The highest BCUT2D eigenvalue weighted by atomic mass is 16.6. The number of amides is 8. The van der Waals surface area contributed by atoms with E-state index in [9.17, 15) is 57.5 Å². The fourth-order valence-corrected chi connectivity index (χ4v) is 13.8. The molecule has 3 aliphatic heterocycles. The number of nitrogens with zero attached hydrogens (tertiary/aromatic N) is 5. The number of rotatable bonds is 9. The molecule has 0 aromatic heterocycles. The highest BCUT2D eigenvalue weighted by molar-refractivity contribution is 6.10. The molecule has 7 N–H and O–H groups in total. The number of aryl methyl sites for hydroxylation is 1. The number of benzene rings is 3. The molecule has 3 aliphatic carbocycles. The number of aromatic hydroxyl groups is 1. The van der Waals surface area contributed by atoms with Crippen molar-refractivity contribution in [1.82, 2.24) is 45.9 Å². The predicted octanol–water partition coefficient (Wildman–Crippen LogP) is 4.03. The number of nitrogens with one attached hydrogen (secondary N) is 4. The molecular weight excluding hydrogens is 1310 g/mol. The number of fused-ring (bicyclic) bond motifs is 4. The summed E-state index contributed by atoms with van der Waals surface area (Å²) in [6.45, 7) is 19.6. The number of likely N-dealkylation sites (N-methyl/N-ethyl adjacent to an activating group) is 4. The lowest BCUT2D eigenvalue weighted by atomic mass is 9.83. The van der Waals surface area contributed by atoms with E-state index in [1.54, 1.807) is 62.3 Å². The number of carbonyl (C=O) groups is 13. The lowest BCUT2D eigenvalue weighted by molar-refractivity contribution is -0.163.